The van der Waals surface area contributed by atoms with Gasteiger partial charge in [0.15, 0.2) is 5.78 Å². The Balaban J connectivity index is 0.974. The summed E-state index contributed by atoms with van der Waals surface area (Å²) in [6.07, 6.45) is 14.1. The lowest BCUT2D eigenvalue weighted by Crippen LogP contribution is -2.61. The van der Waals surface area contributed by atoms with Crippen LogP contribution in [0.3, 0.4) is 0 Å². The van der Waals surface area contributed by atoms with E-state index in [0.717, 1.165) is 16.9 Å². The number of fused-ring (bicyclic) bond motifs is 3. The summed E-state index contributed by atoms with van der Waals surface area (Å²) in [4.78, 5) is 123. The number of nitrogens with one attached hydrogen (secondary N) is 1. The number of piperidine rings is 1. The van der Waals surface area contributed by atoms with E-state index in [1.54, 1.807) is 47.3 Å². The van der Waals surface area contributed by atoms with Crippen LogP contribution in [0, 0.1) is 29.6 Å². The van der Waals surface area contributed by atoms with Crippen LogP contribution in [-0.2, 0) is 63.7 Å². The van der Waals surface area contributed by atoms with Crippen molar-refractivity contribution in [1.29, 1.82) is 0 Å². The van der Waals surface area contributed by atoms with Crippen molar-refractivity contribution < 1.29 is 82.0 Å². The Morgan fingerprint density at radius 2 is 1.44 bits per heavy atom. The third-order valence-corrected chi connectivity index (χ3v) is 19.6. The molecule has 27 nitrogen and oxygen atoms in total. The second kappa shape index (κ2) is 38.7. The van der Waals surface area contributed by atoms with E-state index >= 15 is 0 Å². The number of rotatable bonds is 19. The molecule has 1 aliphatic carbocycles. The van der Waals surface area contributed by atoms with E-state index in [1.807, 2.05) is 61.0 Å². The van der Waals surface area contributed by atoms with E-state index in [9.17, 15) is 48.9 Å². The summed E-state index contributed by atoms with van der Waals surface area (Å²) in [5.74, 6) is -8.54. The zero-order valence-corrected chi connectivity index (χ0v) is 59.5. The lowest BCUT2D eigenvalue weighted by molar-refractivity contribution is -0.265. The molecule has 548 valence electrons. The van der Waals surface area contributed by atoms with Crippen LogP contribution >= 0.6 is 0 Å². The number of carbonyl (C=O) groups excluding carboxylic acids is 7. The largest absolute Gasteiger partial charge is 0.459 e. The third kappa shape index (κ3) is 22.5. The van der Waals surface area contributed by atoms with Crippen LogP contribution < -0.4 is 20.9 Å². The maximum absolute atomic E-state index is 14.7. The molecule has 3 saturated heterocycles. The molecule has 2 aromatic rings. The average Bonchev–Trinajstić information content (AvgIpc) is 0.776. The van der Waals surface area contributed by atoms with Crippen LogP contribution in [0.25, 0.3) is 0 Å². The fourth-order valence-electron chi connectivity index (χ4n) is 13.5. The third-order valence-electron chi connectivity index (χ3n) is 19.6. The number of hydrogen-bond donors (Lipinski definition) is 5. The van der Waals surface area contributed by atoms with Crippen molar-refractivity contribution in [2.45, 2.75) is 199 Å². The molecule has 0 aromatic carbocycles. The quantitative estimate of drug-likeness (QED) is 0.0496. The monoisotopic (exact) mass is 1380 g/mol. The number of aliphatic hydroxyl groups excluding tert-OH is 2. The van der Waals surface area contributed by atoms with Crippen molar-refractivity contribution in [1.82, 2.24) is 35.1 Å². The molecular weight excluding hydrogens is 1280 g/mol. The van der Waals surface area contributed by atoms with Crippen molar-refractivity contribution in [3.05, 3.63) is 83.5 Å². The van der Waals surface area contributed by atoms with Gasteiger partial charge in [-0.1, -0.05) is 71.1 Å². The number of hydrogen-bond acceptors (Lipinski definition) is 24. The van der Waals surface area contributed by atoms with Crippen molar-refractivity contribution in [2.75, 3.05) is 96.8 Å². The first-order chi connectivity index (χ1) is 47.3. The van der Waals surface area contributed by atoms with E-state index in [2.05, 4.69) is 25.3 Å². The van der Waals surface area contributed by atoms with Gasteiger partial charge in [0.2, 0.25) is 17.7 Å². The van der Waals surface area contributed by atoms with Crippen LogP contribution in [0.1, 0.15) is 148 Å². The number of amides is 3. The maximum atomic E-state index is 14.7. The summed E-state index contributed by atoms with van der Waals surface area (Å²) in [5.41, 5.74) is 9.08. The second-order valence-corrected chi connectivity index (χ2v) is 27.4. The Morgan fingerprint density at radius 3 is 2.10 bits per heavy atom. The predicted molar refractivity (Wildman–Crippen MR) is 368 cm³/mol. The normalized spacial score (nSPS) is 31.4. The molecule has 2 bridgehead atoms. The zero-order valence-electron chi connectivity index (χ0n) is 59.5. The molecule has 4 fully saturated rings. The lowest BCUT2D eigenvalue weighted by atomic mass is 9.80. The van der Waals surface area contributed by atoms with Crippen molar-refractivity contribution in [2.24, 2.45) is 35.3 Å². The number of Topliss-reactive ketones (excluding diaryl/α,β-unsaturated/α-hetero) is 3. The number of aromatic nitrogens is 4. The van der Waals surface area contributed by atoms with E-state index in [4.69, 9.17) is 38.9 Å². The Morgan fingerprint density at radius 1 is 0.778 bits per heavy atom. The Hall–Kier alpha value is -6.95. The number of nitrogens with zero attached hydrogens (tertiary/aromatic N) is 8. The van der Waals surface area contributed by atoms with E-state index in [0.29, 0.717) is 134 Å². The van der Waals surface area contributed by atoms with E-state index in [1.165, 1.54) is 37.4 Å². The van der Waals surface area contributed by atoms with Crippen molar-refractivity contribution in [3.63, 3.8) is 0 Å². The number of ether oxygens (including phenoxy) is 7. The lowest BCUT2D eigenvalue weighted by Gasteiger charge is -2.42. The van der Waals surface area contributed by atoms with Crippen molar-refractivity contribution >= 4 is 53.1 Å². The van der Waals surface area contributed by atoms with Crippen LogP contribution in [0.15, 0.2) is 72.4 Å². The van der Waals surface area contributed by atoms with Gasteiger partial charge >= 0.3 is 12.1 Å². The van der Waals surface area contributed by atoms with Gasteiger partial charge in [0, 0.05) is 134 Å². The molecule has 15 atom stereocenters. The molecule has 7 rings (SSSR count). The summed E-state index contributed by atoms with van der Waals surface area (Å²) in [7, 11) is 4.69. The molecule has 1 saturated carbocycles. The van der Waals surface area contributed by atoms with Crippen LogP contribution in [0.2, 0.25) is 0 Å². The van der Waals surface area contributed by atoms with Gasteiger partial charge in [0.1, 0.15) is 36.2 Å². The van der Waals surface area contributed by atoms with E-state index in [-0.39, 0.29) is 55.7 Å². The summed E-state index contributed by atoms with van der Waals surface area (Å²) in [6.45, 7) is 17.2. The van der Waals surface area contributed by atoms with Gasteiger partial charge in [-0.3, -0.25) is 24.0 Å². The van der Waals surface area contributed by atoms with Gasteiger partial charge in [-0.2, -0.15) is 0 Å². The van der Waals surface area contributed by atoms with Crippen LogP contribution in [0.4, 0.5) is 16.7 Å². The van der Waals surface area contributed by atoms with Crippen molar-refractivity contribution in [3.8, 4) is 0 Å². The number of methoxy groups -OCH3 is 2. The average molecular weight is 1390 g/mol. The highest BCUT2D eigenvalue weighted by atomic mass is 16.6. The molecular formula is C72H108N10O17. The fraction of sp³-hybridized carbons (Fsp3) is 0.681. The van der Waals surface area contributed by atoms with E-state index < -0.39 is 120 Å². The number of anilines is 2. The summed E-state index contributed by atoms with van der Waals surface area (Å²) in [6, 6.07) is -2.25. The van der Waals surface area contributed by atoms with Crippen LogP contribution in [0.5, 0.6) is 0 Å². The molecule has 0 radical (unpaired) electrons. The van der Waals surface area contributed by atoms with Gasteiger partial charge in [-0.05, 0) is 107 Å². The summed E-state index contributed by atoms with van der Waals surface area (Å²) in [5, 5.41) is 37.4. The first-order valence-corrected chi connectivity index (χ1v) is 35.2. The van der Waals surface area contributed by atoms with Gasteiger partial charge < -0.3 is 79.1 Å². The molecule has 27 heteroatoms. The number of aliphatic hydroxyl groups is 3. The smallest absolute Gasteiger partial charge is 0.410 e. The minimum Gasteiger partial charge on any atom is -0.459 e. The number of carbonyl (C=O) groups is 7. The topological polar surface area (TPSA) is 347 Å². The molecule has 99 heavy (non-hydrogen) atoms. The van der Waals surface area contributed by atoms with Gasteiger partial charge in [-0.15, -0.1) is 0 Å². The van der Waals surface area contributed by atoms with Crippen LogP contribution in [-0.4, -0.2) is 234 Å². The SMILES string of the molecule is CCCOCCOCCNC(=O)c1cnc(N2CCN(c3ncc(CN(C)C(=O)O[C@@H]4CC[C@@H](C[C@@H](N)C5CC(=O)[C@H](C)/C=C(\C)[C@@H](O)[C@@H](O)C(=O)[C@H](C)C[C@H](C)/C=C/C=C/C=C(\C)[C@@H](OC)C[C@@H]6CC[C@@H](C)[C@@](O)(O6)C(=O)C(=O)N6CCCC[C@H]6C(=O)O5)C[C@H]4OC)cn3)CC2)nc1. The molecule has 4 aliphatic heterocycles. The highest BCUT2D eigenvalue weighted by Crippen LogP contribution is 2.38. The first kappa shape index (κ1) is 79.4. The fourth-order valence-corrected chi connectivity index (χ4v) is 13.5. The molecule has 5 aliphatic rings. The Bertz CT molecular complexity index is 3110. The maximum Gasteiger partial charge on any atom is 0.410 e. The van der Waals surface area contributed by atoms with Gasteiger partial charge in [0.05, 0.1) is 50.2 Å². The molecule has 2 aromatic heterocycles. The number of allylic oxidation sites excluding steroid dienone is 6. The summed E-state index contributed by atoms with van der Waals surface area (Å²) >= 11 is 0. The molecule has 1 unspecified atom stereocenters. The molecule has 3 amide bonds. The van der Waals surface area contributed by atoms with Gasteiger partial charge in [-0.25, -0.2) is 29.5 Å². The summed E-state index contributed by atoms with van der Waals surface area (Å²) < 4.78 is 41.2. The Kier molecular flexibility index (Phi) is 31.1. The number of nitrogens with two attached hydrogens (primary N) is 1. The zero-order chi connectivity index (χ0) is 71.9. The first-order valence-electron chi connectivity index (χ1n) is 35.2. The number of cyclic esters (lactones) is 1. The van der Waals surface area contributed by atoms with Gasteiger partial charge in [0.25, 0.3) is 17.6 Å². The predicted octanol–water partition coefficient (Wildman–Crippen LogP) is 5.57. The molecule has 0 spiro atoms. The highest BCUT2D eigenvalue weighted by Gasteiger charge is 2.53. The second-order valence-electron chi connectivity index (χ2n) is 27.4. The number of esters is 1. The number of piperazine rings is 1. The minimum absolute atomic E-state index is 0.000249. The molecule has 6 heterocycles. The molecule has 6 N–H and O–H groups in total. The standard InChI is InChI=1S/C72H108N10O17/c1-11-30-95-32-33-96-31-24-74-66(88)53-42-77-70(78-43-53)81-28-26-80(27-29-81)69-75-40-52(41-76-69)44-79(8)71(91)98-58-23-21-51(37-61(58)94-10)36-55(73)60-39-57(83)47(4)35-49(6)63(85)64(86)62(84)48(5)34-45(2)17-13-12-14-18-46(3)59(93-9)38-54-22-20-50(7)72(92,99-54)65(87)67(89)82-25-16-15-19-56(82)68(90)97-60/h12-14,17-18,35,40-43,45,47-48,50-51,54-56,58-61,63-64,85-86,92H,11,15-16,19-34,36-39,44,73H2,1-10H3,(H,74,88)/b14-12+,17-13+,46-18+,49-35+/t45-,47-,48-,50-,51+,54+,55-,56+,58-,59+,60?,61-,63-,64+,72-/m1/s1. The Labute approximate surface area is 582 Å². The highest BCUT2D eigenvalue weighted by molar-refractivity contribution is 6.39. The minimum atomic E-state index is -2.51. The number of ketones is 3.